The molecule has 2 heteroatoms. The maximum atomic E-state index is 11.3. The molecule has 0 bridgehead atoms. The van der Waals surface area contributed by atoms with Gasteiger partial charge in [-0.2, -0.15) is 0 Å². The minimum absolute atomic E-state index is 0.0297. The molecule has 0 aliphatic heterocycles. The standard InChI is InChI=1S/C16H28O2/c17-16(18)15-12-11-13-9-7-5-3-1-2-4-6-8-10-14(13)15/h13-15H,1-12H2,(H,17,18). The van der Waals surface area contributed by atoms with Crippen molar-refractivity contribution in [1.29, 1.82) is 0 Å². The van der Waals surface area contributed by atoms with Gasteiger partial charge in [-0.3, -0.25) is 4.79 Å². The number of carbonyl (C=O) groups is 1. The summed E-state index contributed by atoms with van der Waals surface area (Å²) in [4.78, 5) is 11.3. The van der Waals surface area contributed by atoms with Gasteiger partial charge in [-0.05, 0) is 31.1 Å². The Labute approximate surface area is 111 Å². The van der Waals surface area contributed by atoms with Crippen LogP contribution in [0.5, 0.6) is 0 Å². The molecule has 2 rings (SSSR count). The quantitative estimate of drug-likeness (QED) is 0.739. The van der Waals surface area contributed by atoms with Crippen molar-refractivity contribution in [3.8, 4) is 0 Å². The third kappa shape index (κ3) is 3.73. The summed E-state index contributed by atoms with van der Waals surface area (Å²) in [7, 11) is 0. The Hall–Kier alpha value is -0.530. The molecule has 3 unspecified atom stereocenters. The van der Waals surface area contributed by atoms with Gasteiger partial charge >= 0.3 is 5.97 Å². The summed E-state index contributed by atoms with van der Waals surface area (Å²) < 4.78 is 0. The van der Waals surface area contributed by atoms with Gasteiger partial charge < -0.3 is 5.11 Å². The second-order valence-electron chi connectivity index (χ2n) is 6.35. The predicted octanol–water partition coefficient (Wildman–Crippen LogP) is 4.63. The Balaban J connectivity index is 1.92. The number of aliphatic carboxylic acids is 1. The number of carboxylic acids is 1. The number of fused-ring (bicyclic) bond motifs is 1. The van der Waals surface area contributed by atoms with E-state index in [9.17, 15) is 9.90 Å². The first kappa shape index (κ1) is 13.9. The fraction of sp³-hybridized carbons (Fsp3) is 0.938. The molecule has 18 heavy (non-hydrogen) atoms. The summed E-state index contributed by atoms with van der Waals surface area (Å²) in [6.45, 7) is 0. The van der Waals surface area contributed by atoms with Crippen molar-refractivity contribution in [2.75, 3.05) is 0 Å². The fourth-order valence-corrected chi connectivity index (χ4v) is 4.10. The van der Waals surface area contributed by atoms with Crippen LogP contribution in [-0.4, -0.2) is 11.1 Å². The minimum atomic E-state index is -0.533. The molecule has 0 amide bonds. The SMILES string of the molecule is O=C(O)C1CCC2CCCCCCCCCCC21. The van der Waals surface area contributed by atoms with Crippen LogP contribution < -0.4 is 0 Å². The highest BCUT2D eigenvalue weighted by molar-refractivity contribution is 5.70. The van der Waals surface area contributed by atoms with Crippen LogP contribution in [0.3, 0.4) is 0 Å². The summed E-state index contributed by atoms with van der Waals surface area (Å²) in [5.74, 6) is 0.639. The van der Waals surface area contributed by atoms with E-state index >= 15 is 0 Å². The number of carboxylic acid groups (broad SMARTS) is 1. The Morgan fingerprint density at radius 2 is 1.28 bits per heavy atom. The molecule has 2 aliphatic rings. The number of rotatable bonds is 1. The molecule has 2 aliphatic carbocycles. The maximum Gasteiger partial charge on any atom is 0.306 e. The summed E-state index contributed by atoms with van der Waals surface area (Å²) in [6, 6.07) is 0. The van der Waals surface area contributed by atoms with Crippen LogP contribution in [0.15, 0.2) is 0 Å². The zero-order valence-corrected chi connectivity index (χ0v) is 11.6. The highest BCUT2D eigenvalue weighted by atomic mass is 16.4. The van der Waals surface area contributed by atoms with Gasteiger partial charge in [-0.25, -0.2) is 0 Å². The number of hydrogen-bond donors (Lipinski definition) is 1. The third-order valence-electron chi connectivity index (χ3n) is 5.15. The van der Waals surface area contributed by atoms with Gasteiger partial charge in [0.15, 0.2) is 0 Å². The van der Waals surface area contributed by atoms with Crippen LogP contribution >= 0.6 is 0 Å². The second kappa shape index (κ2) is 7.16. The molecule has 0 spiro atoms. The van der Waals surface area contributed by atoms with Crippen molar-refractivity contribution in [3.63, 3.8) is 0 Å². The van der Waals surface area contributed by atoms with Crippen LogP contribution in [0, 0.1) is 17.8 Å². The first-order valence-electron chi connectivity index (χ1n) is 8.02. The largest absolute Gasteiger partial charge is 0.481 e. The van der Waals surface area contributed by atoms with Crippen LogP contribution in [0.25, 0.3) is 0 Å². The summed E-state index contributed by atoms with van der Waals surface area (Å²) in [5, 5.41) is 9.34. The summed E-state index contributed by atoms with van der Waals surface area (Å²) in [6.07, 6.45) is 15.4. The monoisotopic (exact) mass is 252 g/mol. The van der Waals surface area contributed by atoms with E-state index in [1.807, 2.05) is 0 Å². The lowest BCUT2D eigenvalue weighted by Gasteiger charge is -2.23. The van der Waals surface area contributed by atoms with Gasteiger partial charge in [-0.15, -0.1) is 0 Å². The minimum Gasteiger partial charge on any atom is -0.481 e. The average Bonchev–Trinajstić information content (AvgIpc) is 2.72. The average molecular weight is 252 g/mol. The second-order valence-corrected chi connectivity index (χ2v) is 6.35. The molecule has 2 fully saturated rings. The van der Waals surface area contributed by atoms with Gasteiger partial charge in [0.2, 0.25) is 0 Å². The van der Waals surface area contributed by atoms with E-state index in [1.165, 1.54) is 70.6 Å². The molecule has 0 heterocycles. The van der Waals surface area contributed by atoms with E-state index in [0.29, 0.717) is 11.8 Å². The fourth-order valence-electron chi connectivity index (χ4n) is 4.10. The first-order chi connectivity index (χ1) is 8.79. The van der Waals surface area contributed by atoms with Crippen LogP contribution in [0.4, 0.5) is 0 Å². The molecule has 104 valence electrons. The smallest absolute Gasteiger partial charge is 0.306 e. The molecule has 0 saturated heterocycles. The molecular weight excluding hydrogens is 224 g/mol. The lowest BCUT2D eigenvalue weighted by Crippen LogP contribution is -2.22. The lowest BCUT2D eigenvalue weighted by molar-refractivity contribution is -0.143. The molecule has 0 aromatic heterocycles. The zero-order valence-electron chi connectivity index (χ0n) is 11.6. The van der Waals surface area contributed by atoms with Gasteiger partial charge in [0.05, 0.1) is 5.92 Å². The Morgan fingerprint density at radius 1 is 0.722 bits per heavy atom. The lowest BCUT2D eigenvalue weighted by atomic mass is 9.82. The van der Waals surface area contributed by atoms with E-state index in [-0.39, 0.29) is 5.92 Å². The molecular formula is C16H28O2. The first-order valence-corrected chi connectivity index (χ1v) is 8.02. The molecule has 0 radical (unpaired) electrons. The van der Waals surface area contributed by atoms with Crippen molar-refractivity contribution in [2.45, 2.75) is 77.0 Å². The maximum absolute atomic E-state index is 11.3. The summed E-state index contributed by atoms with van der Waals surface area (Å²) in [5.41, 5.74) is 0. The molecule has 2 nitrogen and oxygen atoms in total. The molecule has 0 aromatic rings. The van der Waals surface area contributed by atoms with Crippen LogP contribution in [0.2, 0.25) is 0 Å². The van der Waals surface area contributed by atoms with Crippen molar-refractivity contribution in [3.05, 3.63) is 0 Å². The van der Waals surface area contributed by atoms with Crippen molar-refractivity contribution in [2.24, 2.45) is 17.8 Å². The molecule has 0 aromatic carbocycles. The Bertz CT molecular complexity index is 262. The highest BCUT2D eigenvalue weighted by Crippen LogP contribution is 2.43. The normalized spacial score (nSPS) is 35.2. The topological polar surface area (TPSA) is 37.3 Å². The van der Waals surface area contributed by atoms with E-state index in [1.54, 1.807) is 0 Å². The predicted molar refractivity (Wildman–Crippen MR) is 73.5 cm³/mol. The van der Waals surface area contributed by atoms with Crippen molar-refractivity contribution < 1.29 is 9.90 Å². The van der Waals surface area contributed by atoms with Gasteiger partial charge in [0.1, 0.15) is 0 Å². The zero-order chi connectivity index (χ0) is 12.8. The van der Waals surface area contributed by atoms with E-state index < -0.39 is 5.97 Å². The molecule has 1 N–H and O–H groups in total. The van der Waals surface area contributed by atoms with E-state index in [2.05, 4.69) is 0 Å². The van der Waals surface area contributed by atoms with Gasteiger partial charge in [-0.1, -0.05) is 57.8 Å². The highest BCUT2D eigenvalue weighted by Gasteiger charge is 2.39. The number of hydrogen-bond acceptors (Lipinski definition) is 1. The Morgan fingerprint density at radius 3 is 1.89 bits per heavy atom. The third-order valence-corrected chi connectivity index (χ3v) is 5.15. The molecule has 2 saturated carbocycles. The Kier molecular flexibility index (Phi) is 5.52. The van der Waals surface area contributed by atoms with Gasteiger partial charge in [0.25, 0.3) is 0 Å². The van der Waals surface area contributed by atoms with Crippen LogP contribution in [-0.2, 0) is 4.79 Å². The van der Waals surface area contributed by atoms with E-state index in [0.717, 1.165) is 6.42 Å². The van der Waals surface area contributed by atoms with Crippen molar-refractivity contribution in [1.82, 2.24) is 0 Å². The summed E-state index contributed by atoms with van der Waals surface area (Å²) >= 11 is 0. The molecule has 3 atom stereocenters. The van der Waals surface area contributed by atoms with E-state index in [4.69, 9.17) is 0 Å². The van der Waals surface area contributed by atoms with Gasteiger partial charge in [0, 0.05) is 0 Å². The van der Waals surface area contributed by atoms with Crippen molar-refractivity contribution >= 4 is 5.97 Å². The van der Waals surface area contributed by atoms with Crippen LogP contribution in [0.1, 0.15) is 77.0 Å².